The van der Waals surface area contributed by atoms with Crippen molar-refractivity contribution in [3.8, 4) is 6.07 Å². The molecule has 0 aliphatic heterocycles. The molecule has 0 N–H and O–H groups in total. The molecule has 0 bridgehead atoms. The number of nitrogens with zero attached hydrogens (tertiary/aromatic N) is 1. The lowest BCUT2D eigenvalue weighted by atomic mass is 9.94. The van der Waals surface area contributed by atoms with Crippen molar-refractivity contribution in [1.29, 1.82) is 5.26 Å². The van der Waals surface area contributed by atoms with Gasteiger partial charge in [-0.1, -0.05) is 50.2 Å². The molecular formula is C15H15N. The summed E-state index contributed by atoms with van der Waals surface area (Å²) in [5.74, 6) is 0.577. The summed E-state index contributed by atoms with van der Waals surface area (Å²) in [7, 11) is 0. The Bertz CT molecular complexity index is 547. The Kier molecular flexibility index (Phi) is 2.92. The Hall–Kier alpha value is -1.81. The molecule has 0 unspecified atom stereocenters. The highest BCUT2D eigenvalue weighted by atomic mass is 14.3. The van der Waals surface area contributed by atoms with Crippen LogP contribution in [0, 0.1) is 17.2 Å². The van der Waals surface area contributed by atoms with Crippen LogP contribution in [0.5, 0.6) is 0 Å². The predicted molar refractivity (Wildman–Crippen MR) is 67.2 cm³/mol. The summed E-state index contributed by atoms with van der Waals surface area (Å²) in [6.45, 7) is 4.35. The molecule has 0 aromatic heterocycles. The van der Waals surface area contributed by atoms with Crippen molar-refractivity contribution in [2.24, 2.45) is 5.92 Å². The van der Waals surface area contributed by atoms with E-state index >= 15 is 0 Å². The summed E-state index contributed by atoms with van der Waals surface area (Å²) >= 11 is 0. The van der Waals surface area contributed by atoms with Crippen LogP contribution >= 0.6 is 0 Å². The van der Waals surface area contributed by atoms with E-state index in [1.54, 1.807) is 0 Å². The lowest BCUT2D eigenvalue weighted by Crippen LogP contribution is -1.97. The van der Waals surface area contributed by atoms with Gasteiger partial charge in [-0.05, 0) is 28.7 Å². The fraction of sp³-hybridized carbons (Fsp3) is 0.267. The summed E-state index contributed by atoms with van der Waals surface area (Å²) in [4.78, 5) is 0. The molecule has 1 nitrogen and oxygen atoms in total. The normalized spacial score (nSPS) is 10.6. The predicted octanol–water partition coefficient (Wildman–Crippen LogP) is 3.91. The summed E-state index contributed by atoms with van der Waals surface area (Å²) in [6, 6.07) is 14.6. The first kappa shape index (κ1) is 10.7. The highest BCUT2D eigenvalue weighted by Gasteiger charge is 2.07. The SMILES string of the molecule is CC(C)Cc1ccc2ccccc2c1C#N. The Labute approximate surface area is 96.3 Å². The van der Waals surface area contributed by atoms with Gasteiger partial charge in [0, 0.05) is 0 Å². The zero-order chi connectivity index (χ0) is 11.5. The average molecular weight is 209 g/mol. The molecule has 0 atom stereocenters. The van der Waals surface area contributed by atoms with E-state index in [2.05, 4.69) is 38.1 Å². The van der Waals surface area contributed by atoms with Crippen molar-refractivity contribution < 1.29 is 0 Å². The molecule has 0 spiro atoms. The third kappa shape index (κ3) is 1.92. The second-order valence-electron chi connectivity index (χ2n) is 4.53. The van der Waals surface area contributed by atoms with E-state index in [4.69, 9.17) is 0 Å². The molecule has 0 saturated heterocycles. The summed E-state index contributed by atoms with van der Waals surface area (Å²) in [5, 5.41) is 11.5. The van der Waals surface area contributed by atoms with Crippen molar-refractivity contribution in [2.75, 3.05) is 0 Å². The molecular weight excluding hydrogens is 194 g/mol. The van der Waals surface area contributed by atoms with E-state index in [0.29, 0.717) is 5.92 Å². The molecule has 16 heavy (non-hydrogen) atoms. The fourth-order valence-corrected chi connectivity index (χ4v) is 2.06. The number of nitriles is 1. The van der Waals surface area contributed by atoms with Crippen LogP contribution in [-0.4, -0.2) is 0 Å². The minimum absolute atomic E-state index is 0.577. The van der Waals surface area contributed by atoms with Crippen LogP contribution < -0.4 is 0 Å². The summed E-state index contributed by atoms with van der Waals surface area (Å²) in [5.41, 5.74) is 2.00. The average Bonchev–Trinajstić information content (AvgIpc) is 2.28. The number of hydrogen-bond acceptors (Lipinski definition) is 1. The van der Waals surface area contributed by atoms with Gasteiger partial charge in [0.2, 0.25) is 0 Å². The second-order valence-corrected chi connectivity index (χ2v) is 4.53. The van der Waals surface area contributed by atoms with E-state index in [0.717, 1.165) is 28.3 Å². The van der Waals surface area contributed by atoms with Crippen molar-refractivity contribution in [2.45, 2.75) is 20.3 Å². The van der Waals surface area contributed by atoms with Gasteiger partial charge >= 0.3 is 0 Å². The third-order valence-corrected chi connectivity index (χ3v) is 2.76. The molecule has 0 aliphatic rings. The van der Waals surface area contributed by atoms with Gasteiger partial charge in [-0.2, -0.15) is 5.26 Å². The highest BCUT2D eigenvalue weighted by Crippen LogP contribution is 2.23. The van der Waals surface area contributed by atoms with Gasteiger partial charge in [-0.25, -0.2) is 0 Å². The Morgan fingerprint density at radius 2 is 1.88 bits per heavy atom. The molecule has 0 amide bonds. The van der Waals surface area contributed by atoms with E-state index < -0.39 is 0 Å². The van der Waals surface area contributed by atoms with Crippen LogP contribution in [0.4, 0.5) is 0 Å². The third-order valence-electron chi connectivity index (χ3n) is 2.76. The van der Waals surface area contributed by atoms with Crippen molar-refractivity contribution in [3.05, 3.63) is 47.5 Å². The molecule has 0 radical (unpaired) electrons. The minimum Gasteiger partial charge on any atom is -0.192 e. The minimum atomic E-state index is 0.577. The molecule has 0 aliphatic carbocycles. The molecule has 2 aromatic rings. The first-order chi connectivity index (χ1) is 7.72. The monoisotopic (exact) mass is 209 g/mol. The van der Waals surface area contributed by atoms with Gasteiger partial charge in [0.1, 0.15) is 6.07 Å². The topological polar surface area (TPSA) is 23.8 Å². The van der Waals surface area contributed by atoms with Gasteiger partial charge in [0.15, 0.2) is 0 Å². The Morgan fingerprint density at radius 1 is 1.12 bits per heavy atom. The van der Waals surface area contributed by atoms with Crippen molar-refractivity contribution in [1.82, 2.24) is 0 Å². The van der Waals surface area contributed by atoms with E-state index in [1.807, 2.05) is 18.2 Å². The van der Waals surface area contributed by atoms with Crippen molar-refractivity contribution in [3.63, 3.8) is 0 Å². The number of hydrogen-bond donors (Lipinski definition) is 0. The second kappa shape index (κ2) is 4.37. The Balaban J connectivity index is 2.64. The van der Waals surface area contributed by atoms with E-state index in [9.17, 15) is 5.26 Å². The Morgan fingerprint density at radius 3 is 2.56 bits per heavy atom. The van der Waals surface area contributed by atoms with Crippen LogP contribution in [-0.2, 0) is 6.42 Å². The number of rotatable bonds is 2. The summed E-state index contributed by atoms with van der Waals surface area (Å²) in [6.07, 6.45) is 0.966. The first-order valence-electron chi connectivity index (χ1n) is 5.63. The van der Waals surface area contributed by atoms with Gasteiger partial charge in [0.05, 0.1) is 5.56 Å². The molecule has 0 saturated carbocycles. The zero-order valence-corrected chi connectivity index (χ0v) is 9.70. The van der Waals surface area contributed by atoms with Gasteiger partial charge in [-0.15, -0.1) is 0 Å². The van der Waals surface area contributed by atoms with Gasteiger partial charge < -0.3 is 0 Å². The van der Waals surface area contributed by atoms with Crippen LogP contribution in [0.3, 0.4) is 0 Å². The maximum atomic E-state index is 9.28. The van der Waals surface area contributed by atoms with E-state index in [-0.39, 0.29) is 0 Å². The highest BCUT2D eigenvalue weighted by molar-refractivity contribution is 5.89. The first-order valence-corrected chi connectivity index (χ1v) is 5.63. The summed E-state index contributed by atoms with van der Waals surface area (Å²) < 4.78 is 0. The standard InChI is InChI=1S/C15H15N/c1-11(2)9-13-8-7-12-5-3-4-6-14(12)15(13)10-16/h3-8,11H,9H2,1-2H3. The molecule has 1 heteroatoms. The lowest BCUT2D eigenvalue weighted by Gasteiger charge is -2.09. The molecule has 0 fully saturated rings. The van der Waals surface area contributed by atoms with Crippen LogP contribution in [0.1, 0.15) is 25.0 Å². The zero-order valence-electron chi connectivity index (χ0n) is 9.70. The number of benzene rings is 2. The van der Waals surface area contributed by atoms with Gasteiger partial charge in [0.25, 0.3) is 0 Å². The number of fused-ring (bicyclic) bond motifs is 1. The van der Waals surface area contributed by atoms with Crippen LogP contribution in [0.2, 0.25) is 0 Å². The molecule has 2 aromatic carbocycles. The molecule has 2 rings (SSSR count). The quantitative estimate of drug-likeness (QED) is 0.735. The maximum absolute atomic E-state index is 9.28. The molecule has 0 heterocycles. The van der Waals surface area contributed by atoms with E-state index in [1.165, 1.54) is 0 Å². The largest absolute Gasteiger partial charge is 0.192 e. The van der Waals surface area contributed by atoms with Crippen molar-refractivity contribution >= 4 is 10.8 Å². The maximum Gasteiger partial charge on any atom is 0.100 e. The van der Waals surface area contributed by atoms with Gasteiger partial charge in [-0.3, -0.25) is 0 Å². The smallest absolute Gasteiger partial charge is 0.100 e. The van der Waals surface area contributed by atoms with Crippen LogP contribution in [0.15, 0.2) is 36.4 Å². The molecule has 80 valence electrons. The lowest BCUT2D eigenvalue weighted by molar-refractivity contribution is 0.647. The fourth-order valence-electron chi connectivity index (χ4n) is 2.06. The van der Waals surface area contributed by atoms with Crippen LogP contribution in [0.25, 0.3) is 10.8 Å².